The minimum absolute atomic E-state index is 0.0117. The number of hydrogen-bond acceptors (Lipinski definition) is 7. The number of hydrogen-bond donors (Lipinski definition) is 5. The van der Waals surface area contributed by atoms with Gasteiger partial charge in [0, 0.05) is 70.1 Å². The van der Waals surface area contributed by atoms with Gasteiger partial charge < -0.3 is 26.4 Å². The van der Waals surface area contributed by atoms with E-state index in [-0.39, 0.29) is 34.8 Å². The van der Waals surface area contributed by atoms with Gasteiger partial charge in [0.1, 0.15) is 5.52 Å². The molecule has 2 aromatic carbocycles. The number of aromatic amines is 1. The monoisotopic (exact) mass is 730 g/mol. The van der Waals surface area contributed by atoms with E-state index in [9.17, 15) is 10.1 Å². The van der Waals surface area contributed by atoms with Gasteiger partial charge in [-0.1, -0.05) is 35.3 Å². The summed E-state index contributed by atoms with van der Waals surface area (Å²) in [5, 5.41) is 14.8. The summed E-state index contributed by atoms with van der Waals surface area (Å²) in [6, 6.07) is 12.2. The van der Waals surface area contributed by atoms with Crippen LogP contribution in [0.25, 0.3) is 32.9 Å². The third-order valence-electron chi connectivity index (χ3n) is 10.9. The zero-order valence-corrected chi connectivity index (χ0v) is 30.4. The SMILES string of the molecule is C1NC2CC1C2.Cc1nc2c(F)c(-c3cccc(Cl)c3Cl)c(CCC#N)cc2c2[nH]c(C3CCCN3C(=O)C3CC3)cc12.NN/C=C(\N)C1CC1. The number of carbonyl (C=O) groups is 1. The maximum Gasteiger partial charge on any atom is 0.226 e. The van der Waals surface area contributed by atoms with Crippen molar-refractivity contribution < 1.29 is 9.18 Å². The minimum Gasteiger partial charge on any atom is -0.401 e. The number of benzene rings is 2. The lowest BCUT2D eigenvalue weighted by atomic mass is 9.87. The first-order valence-electron chi connectivity index (χ1n) is 18.1. The summed E-state index contributed by atoms with van der Waals surface area (Å²) >= 11 is 12.8. The Morgan fingerprint density at radius 1 is 1.16 bits per heavy atom. The van der Waals surface area contributed by atoms with Gasteiger partial charge in [-0.05, 0) is 107 Å². The van der Waals surface area contributed by atoms with Crippen LogP contribution in [0.1, 0.15) is 80.8 Å². The van der Waals surface area contributed by atoms with Gasteiger partial charge in [0.15, 0.2) is 5.82 Å². The quantitative estimate of drug-likeness (QED) is 0.0967. The van der Waals surface area contributed by atoms with Crippen LogP contribution in [0.4, 0.5) is 4.39 Å². The van der Waals surface area contributed by atoms with E-state index in [4.69, 9.17) is 34.8 Å². The van der Waals surface area contributed by atoms with Gasteiger partial charge in [-0.3, -0.25) is 10.6 Å². The second-order valence-electron chi connectivity index (χ2n) is 14.6. The molecular formula is C39H45Cl2FN8O. The molecule has 6 fully saturated rings. The molecule has 0 spiro atoms. The third-order valence-corrected chi connectivity index (χ3v) is 11.7. The number of halogens is 3. The number of fused-ring (bicyclic) bond motifs is 4. The Morgan fingerprint density at radius 2 is 1.92 bits per heavy atom. The molecule has 10 rings (SSSR count). The number of nitrogens with zero attached hydrogens (tertiary/aromatic N) is 3. The molecule has 3 saturated carbocycles. The second kappa shape index (κ2) is 15.0. The molecule has 51 heavy (non-hydrogen) atoms. The number of allylic oxidation sites excluding steroid dienone is 1. The lowest BCUT2D eigenvalue weighted by molar-refractivity contribution is -0.133. The molecule has 3 aliphatic carbocycles. The predicted molar refractivity (Wildman–Crippen MR) is 201 cm³/mol. The Morgan fingerprint density at radius 3 is 2.55 bits per heavy atom. The number of pyridine rings is 1. The first-order valence-corrected chi connectivity index (χ1v) is 18.8. The van der Waals surface area contributed by atoms with Crippen LogP contribution in [0.15, 0.2) is 42.2 Å². The highest BCUT2D eigenvalue weighted by Crippen LogP contribution is 2.43. The highest BCUT2D eigenvalue weighted by Gasteiger charge is 2.39. The van der Waals surface area contributed by atoms with Crippen molar-refractivity contribution in [3.05, 3.63) is 75.0 Å². The molecule has 2 aromatic heterocycles. The topological polar surface area (TPSA) is 149 Å². The van der Waals surface area contributed by atoms with Gasteiger partial charge in [0.05, 0.1) is 27.7 Å². The summed E-state index contributed by atoms with van der Waals surface area (Å²) in [4.78, 5) is 23.1. The average Bonchev–Trinajstić information content (AvgIpc) is 3.91. The molecule has 3 aliphatic heterocycles. The number of hydrazine groups is 1. The van der Waals surface area contributed by atoms with E-state index in [2.05, 4.69) is 32.8 Å². The van der Waals surface area contributed by atoms with Crippen molar-refractivity contribution >= 4 is 50.9 Å². The highest BCUT2D eigenvalue weighted by atomic mass is 35.5. The predicted octanol–water partition coefficient (Wildman–Crippen LogP) is 7.70. The van der Waals surface area contributed by atoms with Gasteiger partial charge in [-0.25, -0.2) is 9.37 Å². The molecule has 0 radical (unpaired) electrons. The highest BCUT2D eigenvalue weighted by molar-refractivity contribution is 6.43. The van der Waals surface area contributed by atoms with E-state index < -0.39 is 5.82 Å². The smallest absolute Gasteiger partial charge is 0.226 e. The molecule has 9 nitrogen and oxygen atoms in total. The van der Waals surface area contributed by atoms with Crippen molar-refractivity contribution in [3.8, 4) is 17.2 Å². The van der Waals surface area contributed by atoms with Crippen LogP contribution >= 0.6 is 23.2 Å². The fourth-order valence-corrected chi connectivity index (χ4v) is 8.10. The average molecular weight is 732 g/mol. The Hall–Kier alpha value is -3.88. The molecule has 12 heteroatoms. The molecule has 5 heterocycles. The van der Waals surface area contributed by atoms with E-state index in [1.807, 2.05) is 17.9 Å². The minimum atomic E-state index is -0.484. The van der Waals surface area contributed by atoms with Gasteiger partial charge in [0.2, 0.25) is 5.91 Å². The maximum atomic E-state index is 16.3. The number of nitrogens with one attached hydrogen (secondary N) is 3. The molecule has 3 saturated heterocycles. The molecule has 1 unspecified atom stereocenters. The van der Waals surface area contributed by atoms with Crippen LogP contribution in [-0.2, 0) is 11.2 Å². The van der Waals surface area contributed by atoms with Crippen LogP contribution < -0.4 is 22.3 Å². The van der Waals surface area contributed by atoms with Crippen molar-refractivity contribution in [2.24, 2.45) is 29.3 Å². The zero-order chi connectivity index (χ0) is 35.8. The molecule has 268 valence electrons. The molecule has 4 aromatic rings. The van der Waals surface area contributed by atoms with E-state index in [0.29, 0.717) is 45.1 Å². The number of carbonyl (C=O) groups excluding carboxylic acids is 1. The molecule has 1 atom stereocenters. The van der Waals surface area contributed by atoms with Crippen molar-refractivity contribution in [3.63, 3.8) is 0 Å². The molecule has 6 aliphatic rings. The van der Waals surface area contributed by atoms with Crippen molar-refractivity contribution in [2.45, 2.75) is 83.2 Å². The summed E-state index contributed by atoms with van der Waals surface area (Å²) in [5.41, 5.74) is 13.0. The Labute approximate surface area is 307 Å². The van der Waals surface area contributed by atoms with Gasteiger partial charge >= 0.3 is 0 Å². The Bertz CT molecular complexity index is 2010. The largest absolute Gasteiger partial charge is 0.401 e. The Kier molecular flexibility index (Phi) is 10.4. The molecule has 7 N–H and O–H groups in total. The van der Waals surface area contributed by atoms with E-state index in [0.717, 1.165) is 66.5 Å². The summed E-state index contributed by atoms with van der Waals surface area (Å²) in [5.74, 6) is 6.61. The fourth-order valence-electron chi connectivity index (χ4n) is 7.70. The molecular weight excluding hydrogens is 686 g/mol. The lowest BCUT2D eigenvalue weighted by Crippen LogP contribution is -2.31. The van der Waals surface area contributed by atoms with Crippen molar-refractivity contribution in [1.82, 2.24) is 25.6 Å². The van der Waals surface area contributed by atoms with Gasteiger partial charge in [-0.2, -0.15) is 5.26 Å². The van der Waals surface area contributed by atoms with Crippen LogP contribution in [0.5, 0.6) is 0 Å². The summed E-state index contributed by atoms with van der Waals surface area (Å²) in [6.45, 7) is 3.95. The number of rotatable bonds is 7. The molecule has 2 bridgehead atoms. The van der Waals surface area contributed by atoms with Crippen molar-refractivity contribution in [2.75, 3.05) is 13.1 Å². The van der Waals surface area contributed by atoms with Crippen LogP contribution in [-0.4, -0.2) is 39.9 Å². The van der Waals surface area contributed by atoms with Gasteiger partial charge in [0.25, 0.3) is 0 Å². The number of amides is 1. The second-order valence-corrected chi connectivity index (χ2v) is 15.4. The van der Waals surface area contributed by atoms with Crippen LogP contribution in [0.2, 0.25) is 10.0 Å². The summed E-state index contributed by atoms with van der Waals surface area (Å²) in [7, 11) is 0. The summed E-state index contributed by atoms with van der Waals surface area (Å²) in [6.07, 6.45) is 11.5. The number of aryl methyl sites for hydroxylation is 2. The number of aromatic nitrogens is 2. The van der Waals surface area contributed by atoms with Crippen LogP contribution in [0.3, 0.4) is 0 Å². The number of likely N-dealkylation sites (tertiary alicyclic amines) is 1. The number of nitrogens with two attached hydrogens (primary N) is 2. The first kappa shape index (κ1) is 35.5. The van der Waals surface area contributed by atoms with E-state index in [1.54, 1.807) is 24.4 Å². The summed E-state index contributed by atoms with van der Waals surface area (Å²) < 4.78 is 16.3. The molecule has 1 amide bonds. The maximum absolute atomic E-state index is 16.3. The standard InChI is InChI=1S/C29H25Cl2FN4O.C5H11N3.C5H9N/c1-15-19-14-22(23-8-4-12-36(23)29(37)16-9-10-16)35-27(19)20-13-17(5-3-11-33)24(26(32)28(20)34-15)18-6-2-7-21(30)25(18)31;6-5(3-8-7)4-1-2-4;1-4-2-5(1)6-3-4/h2,6-7,13-14,16,23,35H,3-5,8-10,12H2,1H3;3-4,8H,1-2,6-7H2;4-6H,1-3H2/b;5-3-;. The van der Waals surface area contributed by atoms with Gasteiger partial charge in [-0.15, -0.1) is 0 Å². The number of H-pyrrole nitrogens is 1. The van der Waals surface area contributed by atoms with E-state index in [1.165, 1.54) is 32.2 Å². The lowest BCUT2D eigenvalue weighted by Gasteiger charge is -2.24. The van der Waals surface area contributed by atoms with Crippen molar-refractivity contribution in [1.29, 1.82) is 5.26 Å². The Balaban J connectivity index is 0.000000238. The third kappa shape index (κ3) is 7.40. The van der Waals surface area contributed by atoms with E-state index >= 15 is 4.39 Å². The van der Waals surface area contributed by atoms with Crippen LogP contribution in [0, 0.1) is 41.8 Å². The fraction of sp³-hybridized carbons (Fsp3) is 0.462. The first-order chi connectivity index (χ1) is 24.7. The zero-order valence-electron chi connectivity index (χ0n) is 28.9. The number of nitriles is 1. The normalized spacial score (nSPS) is 22.2.